The fourth-order valence-electron chi connectivity index (χ4n) is 4.66. The molecule has 8 heteroatoms. The molecule has 2 N–H and O–H groups in total. The number of hydrogen-bond donors (Lipinski definition) is 2. The van der Waals surface area contributed by atoms with Crippen LogP contribution in [0, 0.1) is 23.7 Å². The van der Waals surface area contributed by atoms with Crippen molar-refractivity contribution < 1.29 is 24.5 Å². The van der Waals surface area contributed by atoms with Crippen molar-refractivity contribution in [2.24, 2.45) is 11.8 Å². The van der Waals surface area contributed by atoms with Crippen molar-refractivity contribution in [3.63, 3.8) is 0 Å². The van der Waals surface area contributed by atoms with Crippen molar-refractivity contribution in [2.75, 3.05) is 26.7 Å². The summed E-state index contributed by atoms with van der Waals surface area (Å²) in [6.07, 6.45) is 6.25. The molecule has 2 saturated carbocycles. The number of pyridine rings is 1. The van der Waals surface area contributed by atoms with Gasteiger partial charge in [-0.25, -0.2) is 4.98 Å². The van der Waals surface area contributed by atoms with Crippen LogP contribution in [0.4, 0.5) is 0 Å². The fourth-order valence-corrected chi connectivity index (χ4v) is 4.66. The van der Waals surface area contributed by atoms with E-state index in [1.807, 2.05) is 6.92 Å². The summed E-state index contributed by atoms with van der Waals surface area (Å²) in [5, 5.41) is 20.4. The van der Waals surface area contributed by atoms with Crippen molar-refractivity contribution in [3.8, 4) is 17.7 Å². The van der Waals surface area contributed by atoms with E-state index in [0.717, 1.165) is 25.7 Å². The second-order valence-electron chi connectivity index (χ2n) is 10.2. The normalized spacial score (nSPS) is 24.7. The van der Waals surface area contributed by atoms with Crippen molar-refractivity contribution >= 4 is 11.8 Å². The van der Waals surface area contributed by atoms with Gasteiger partial charge >= 0.3 is 0 Å². The number of nitrogens with zero attached hydrogens (tertiary/aromatic N) is 3. The number of aliphatic hydroxyl groups excluding tert-OH is 1. The highest BCUT2D eigenvalue weighted by Gasteiger charge is 2.37. The monoisotopic (exact) mass is 469 g/mol. The molecule has 0 aromatic carbocycles. The zero-order chi connectivity index (χ0) is 24.5. The van der Waals surface area contributed by atoms with Gasteiger partial charge in [0.25, 0.3) is 5.91 Å². The third-order valence-corrected chi connectivity index (χ3v) is 7.15. The molecule has 2 heterocycles. The molecular formula is C26H35N3O5. The number of amides is 2. The van der Waals surface area contributed by atoms with Crippen LogP contribution in [0.3, 0.4) is 0 Å². The number of carbonyl (C=O) groups is 2. The highest BCUT2D eigenvalue weighted by atomic mass is 16.5. The molecule has 0 unspecified atom stereocenters. The Morgan fingerprint density at radius 1 is 1.38 bits per heavy atom. The van der Waals surface area contributed by atoms with Crippen LogP contribution < -0.4 is 4.74 Å². The Kier molecular flexibility index (Phi) is 7.15. The number of aromatic nitrogens is 1. The molecule has 0 bridgehead atoms. The smallest absolute Gasteiger partial charge is 0.259 e. The van der Waals surface area contributed by atoms with Gasteiger partial charge in [-0.2, -0.15) is 0 Å². The Bertz CT molecular complexity index is 990. The predicted molar refractivity (Wildman–Crippen MR) is 126 cm³/mol. The van der Waals surface area contributed by atoms with Gasteiger partial charge in [0.15, 0.2) is 0 Å². The number of rotatable bonds is 5. The van der Waals surface area contributed by atoms with Crippen molar-refractivity contribution in [3.05, 3.63) is 23.4 Å². The van der Waals surface area contributed by atoms with Gasteiger partial charge in [-0.1, -0.05) is 18.8 Å². The van der Waals surface area contributed by atoms with Crippen molar-refractivity contribution in [1.29, 1.82) is 0 Å². The van der Waals surface area contributed by atoms with Gasteiger partial charge in [0, 0.05) is 37.2 Å². The molecule has 3 atom stereocenters. The summed E-state index contributed by atoms with van der Waals surface area (Å²) in [6, 6.07) is 1.26. The predicted octanol–water partition coefficient (Wildman–Crippen LogP) is 1.83. The topological polar surface area (TPSA) is 103 Å². The lowest BCUT2D eigenvalue weighted by Crippen LogP contribution is -2.50. The first-order chi connectivity index (χ1) is 16.2. The highest BCUT2D eigenvalue weighted by Crippen LogP contribution is 2.32. The Labute approximate surface area is 201 Å². The van der Waals surface area contributed by atoms with Crippen LogP contribution in [0.1, 0.15) is 68.3 Å². The zero-order valence-corrected chi connectivity index (χ0v) is 20.3. The van der Waals surface area contributed by atoms with Crippen LogP contribution in [-0.2, 0) is 4.79 Å². The molecule has 2 amide bonds. The minimum Gasteiger partial charge on any atom is -0.472 e. The standard InChI is InChI=1S/C26H35N3O5/c1-17-14-29(18(2)16-30)25(32)21-12-19(8-11-26(33)9-4-5-10-26)13-27-23(21)34-22(17)15-28(3)24(31)20-6-7-20/h12-13,17-18,20,22,30,33H,4-7,9-10,14-16H2,1-3H3/t17-,18+,22+/m1/s1. The average Bonchev–Trinajstić information content (AvgIpc) is 3.59. The number of hydrogen-bond acceptors (Lipinski definition) is 6. The SMILES string of the molecule is C[C@@H]1CN([C@@H](C)CO)C(=O)c2cc(C#CC3(O)CCCC3)cnc2O[C@H]1CN(C)C(=O)C1CC1. The third-order valence-electron chi connectivity index (χ3n) is 7.15. The van der Waals surface area contributed by atoms with E-state index in [2.05, 4.69) is 16.8 Å². The lowest BCUT2D eigenvalue weighted by atomic mass is 9.99. The van der Waals surface area contributed by atoms with E-state index in [9.17, 15) is 19.8 Å². The van der Waals surface area contributed by atoms with Gasteiger partial charge in [0.1, 0.15) is 17.3 Å². The molecule has 1 aromatic rings. The van der Waals surface area contributed by atoms with E-state index in [4.69, 9.17) is 4.74 Å². The molecule has 1 aliphatic heterocycles. The molecule has 184 valence electrons. The number of carbonyl (C=O) groups excluding carboxylic acids is 2. The summed E-state index contributed by atoms with van der Waals surface area (Å²) in [4.78, 5) is 33.8. The average molecular weight is 470 g/mol. The van der Waals surface area contributed by atoms with Gasteiger partial charge < -0.3 is 24.7 Å². The van der Waals surface area contributed by atoms with Gasteiger partial charge in [-0.3, -0.25) is 9.59 Å². The Morgan fingerprint density at radius 3 is 2.74 bits per heavy atom. The zero-order valence-electron chi connectivity index (χ0n) is 20.3. The van der Waals surface area contributed by atoms with Crippen molar-refractivity contribution in [2.45, 2.75) is 70.1 Å². The molecule has 0 saturated heterocycles. The summed E-state index contributed by atoms with van der Waals surface area (Å²) in [5.74, 6) is 6.02. The summed E-state index contributed by atoms with van der Waals surface area (Å²) in [6.45, 7) is 4.39. The lowest BCUT2D eigenvalue weighted by molar-refractivity contribution is -0.132. The first kappa shape index (κ1) is 24.5. The Hall–Kier alpha value is -2.63. The van der Waals surface area contributed by atoms with Gasteiger partial charge in [0.2, 0.25) is 11.8 Å². The molecule has 8 nitrogen and oxygen atoms in total. The number of ether oxygens (including phenoxy) is 1. The van der Waals surface area contributed by atoms with Gasteiger partial charge in [0.05, 0.1) is 19.2 Å². The van der Waals surface area contributed by atoms with Crippen molar-refractivity contribution in [1.82, 2.24) is 14.8 Å². The first-order valence-corrected chi connectivity index (χ1v) is 12.3. The van der Waals surface area contributed by atoms with E-state index in [0.29, 0.717) is 31.5 Å². The molecule has 34 heavy (non-hydrogen) atoms. The van der Waals surface area contributed by atoms with E-state index in [-0.39, 0.29) is 53.8 Å². The number of aliphatic hydroxyl groups is 2. The Balaban J connectivity index is 1.64. The second-order valence-corrected chi connectivity index (χ2v) is 10.2. The third kappa shape index (κ3) is 5.37. The van der Waals surface area contributed by atoms with Gasteiger partial charge in [-0.05, 0) is 51.5 Å². The van der Waals surface area contributed by atoms with E-state index in [1.54, 1.807) is 36.0 Å². The lowest BCUT2D eigenvalue weighted by Gasteiger charge is -2.37. The molecule has 2 aliphatic carbocycles. The summed E-state index contributed by atoms with van der Waals surface area (Å²) in [7, 11) is 1.79. The van der Waals surface area contributed by atoms with E-state index < -0.39 is 5.60 Å². The quantitative estimate of drug-likeness (QED) is 0.638. The van der Waals surface area contributed by atoms with Gasteiger partial charge in [-0.15, -0.1) is 0 Å². The maximum absolute atomic E-state index is 13.5. The number of likely N-dealkylation sites (N-methyl/N-ethyl adjacent to an activating group) is 1. The van der Waals surface area contributed by atoms with Crippen LogP contribution in [-0.4, -0.2) is 81.3 Å². The van der Waals surface area contributed by atoms with E-state index in [1.165, 1.54) is 0 Å². The fraction of sp³-hybridized carbons (Fsp3) is 0.654. The van der Waals surface area contributed by atoms with E-state index >= 15 is 0 Å². The molecule has 3 aliphatic rings. The second kappa shape index (κ2) is 9.93. The molecule has 1 aromatic heterocycles. The van der Waals surface area contributed by atoms with Crippen LogP contribution in [0.2, 0.25) is 0 Å². The largest absolute Gasteiger partial charge is 0.472 e. The molecule has 4 rings (SSSR count). The molecule has 2 fully saturated rings. The summed E-state index contributed by atoms with van der Waals surface area (Å²) < 4.78 is 6.24. The maximum atomic E-state index is 13.5. The molecular weight excluding hydrogens is 434 g/mol. The molecule has 0 radical (unpaired) electrons. The Morgan fingerprint density at radius 2 is 2.09 bits per heavy atom. The van der Waals surface area contributed by atoms with Crippen LogP contribution >= 0.6 is 0 Å². The minimum absolute atomic E-state index is 0.0848. The van der Waals surface area contributed by atoms with Crippen LogP contribution in [0.5, 0.6) is 5.88 Å². The number of fused-ring (bicyclic) bond motifs is 1. The summed E-state index contributed by atoms with van der Waals surface area (Å²) in [5.41, 5.74) is -0.182. The highest BCUT2D eigenvalue weighted by molar-refractivity contribution is 5.97. The first-order valence-electron chi connectivity index (χ1n) is 12.3. The molecule has 0 spiro atoms. The maximum Gasteiger partial charge on any atom is 0.259 e. The van der Waals surface area contributed by atoms with Crippen LogP contribution in [0.25, 0.3) is 0 Å². The van der Waals surface area contributed by atoms with Crippen LogP contribution in [0.15, 0.2) is 12.3 Å². The summed E-state index contributed by atoms with van der Waals surface area (Å²) >= 11 is 0. The minimum atomic E-state index is -0.985.